The van der Waals surface area contributed by atoms with Gasteiger partial charge in [0.15, 0.2) is 0 Å². The minimum Gasteiger partial charge on any atom is -0.394 e. The lowest BCUT2D eigenvalue weighted by Crippen LogP contribution is -2.15. The van der Waals surface area contributed by atoms with Crippen LogP contribution >= 0.6 is 23.2 Å². The molecule has 0 amide bonds. The lowest BCUT2D eigenvalue weighted by Gasteiger charge is -2.20. The van der Waals surface area contributed by atoms with Crippen molar-refractivity contribution in [2.24, 2.45) is 0 Å². The molecule has 0 radical (unpaired) electrons. The quantitative estimate of drug-likeness (QED) is 0.873. The Morgan fingerprint density at radius 2 is 1.63 bits per heavy atom. The zero-order valence-electron chi connectivity index (χ0n) is 10.5. The van der Waals surface area contributed by atoms with Crippen molar-refractivity contribution in [2.45, 2.75) is 13.0 Å². The number of rotatable bonds is 4. The van der Waals surface area contributed by atoms with E-state index in [4.69, 9.17) is 23.2 Å². The van der Waals surface area contributed by atoms with E-state index in [0.29, 0.717) is 15.6 Å². The third kappa shape index (κ3) is 3.41. The SMILES string of the molecule is Cc1ccc(NC(CO)c2c(Cl)cccc2Cl)cc1. The maximum atomic E-state index is 9.56. The van der Waals surface area contributed by atoms with E-state index in [1.165, 1.54) is 5.56 Å². The number of benzene rings is 2. The number of halogens is 2. The molecule has 19 heavy (non-hydrogen) atoms. The Morgan fingerprint density at radius 1 is 1.05 bits per heavy atom. The molecule has 0 saturated heterocycles. The summed E-state index contributed by atoms with van der Waals surface area (Å²) in [5, 5.41) is 13.9. The Hall–Kier alpha value is -1.22. The number of aliphatic hydroxyl groups excluding tert-OH is 1. The minimum atomic E-state index is -0.330. The van der Waals surface area contributed by atoms with Crippen molar-refractivity contribution in [3.05, 3.63) is 63.6 Å². The van der Waals surface area contributed by atoms with Crippen molar-refractivity contribution < 1.29 is 5.11 Å². The molecule has 0 saturated carbocycles. The summed E-state index contributed by atoms with van der Waals surface area (Å²) in [5.41, 5.74) is 2.82. The summed E-state index contributed by atoms with van der Waals surface area (Å²) < 4.78 is 0. The number of hydrogen-bond acceptors (Lipinski definition) is 2. The Labute approximate surface area is 123 Å². The van der Waals surface area contributed by atoms with Gasteiger partial charge in [0.1, 0.15) is 0 Å². The van der Waals surface area contributed by atoms with Crippen LogP contribution in [0.1, 0.15) is 17.2 Å². The van der Waals surface area contributed by atoms with E-state index in [2.05, 4.69) is 5.32 Å². The highest BCUT2D eigenvalue weighted by Crippen LogP contribution is 2.32. The molecule has 4 heteroatoms. The largest absolute Gasteiger partial charge is 0.394 e. The predicted octanol–water partition coefficient (Wildman–Crippen LogP) is 4.45. The molecule has 2 aromatic carbocycles. The van der Waals surface area contributed by atoms with Gasteiger partial charge in [-0.25, -0.2) is 0 Å². The van der Waals surface area contributed by atoms with Crippen molar-refractivity contribution in [3.8, 4) is 0 Å². The molecule has 0 bridgehead atoms. The second-order valence-corrected chi connectivity index (χ2v) is 5.20. The molecule has 0 heterocycles. The van der Waals surface area contributed by atoms with Gasteiger partial charge in [-0.3, -0.25) is 0 Å². The molecule has 0 aliphatic carbocycles. The van der Waals surface area contributed by atoms with Gasteiger partial charge < -0.3 is 10.4 Å². The van der Waals surface area contributed by atoms with Crippen LogP contribution < -0.4 is 5.32 Å². The fraction of sp³-hybridized carbons (Fsp3) is 0.200. The Morgan fingerprint density at radius 3 is 2.16 bits per heavy atom. The highest BCUT2D eigenvalue weighted by molar-refractivity contribution is 6.36. The van der Waals surface area contributed by atoms with Crippen LogP contribution in [0, 0.1) is 6.92 Å². The van der Waals surface area contributed by atoms with Crippen molar-refractivity contribution in [3.63, 3.8) is 0 Å². The highest BCUT2D eigenvalue weighted by Gasteiger charge is 2.17. The summed E-state index contributed by atoms with van der Waals surface area (Å²) in [5.74, 6) is 0. The fourth-order valence-electron chi connectivity index (χ4n) is 1.90. The van der Waals surface area contributed by atoms with Crippen molar-refractivity contribution in [1.82, 2.24) is 0 Å². The second-order valence-electron chi connectivity index (χ2n) is 4.38. The summed E-state index contributed by atoms with van der Waals surface area (Å²) in [6.07, 6.45) is 0. The van der Waals surface area contributed by atoms with E-state index in [1.807, 2.05) is 31.2 Å². The number of nitrogens with one attached hydrogen (secondary N) is 1. The topological polar surface area (TPSA) is 32.3 Å². The molecule has 100 valence electrons. The van der Waals surface area contributed by atoms with Crippen molar-refractivity contribution in [2.75, 3.05) is 11.9 Å². The Bertz CT molecular complexity index is 534. The molecular weight excluding hydrogens is 281 g/mol. The van der Waals surface area contributed by atoms with Crippen LogP contribution in [0.25, 0.3) is 0 Å². The number of aryl methyl sites for hydroxylation is 1. The van der Waals surface area contributed by atoms with E-state index >= 15 is 0 Å². The van der Waals surface area contributed by atoms with Crippen LogP contribution in [-0.4, -0.2) is 11.7 Å². The zero-order chi connectivity index (χ0) is 13.8. The zero-order valence-corrected chi connectivity index (χ0v) is 12.0. The number of hydrogen-bond donors (Lipinski definition) is 2. The summed E-state index contributed by atoms with van der Waals surface area (Å²) in [6.45, 7) is 1.94. The van der Waals surface area contributed by atoms with E-state index in [1.54, 1.807) is 18.2 Å². The first-order chi connectivity index (χ1) is 9.11. The Kier molecular flexibility index (Phi) is 4.70. The van der Waals surface area contributed by atoms with Gasteiger partial charge in [-0.15, -0.1) is 0 Å². The van der Waals surface area contributed by atoms with Gasteiger partial charge in [0.25, 0.3) is 0 Å². The predicted molar refractivity (Wildman–Crippen MR) is 81.1 cm³/mol. The maximum Gasteiger partial charge on any atom is 0.0774 e. The molecule has 2 aromatic rings. The lowest BCUT2D eigenvalue weighted by atomic mass is 10.1. The maximum absolute atomic E-state index is 9.56. The molecular formula is C15H15Cl2NO. The summed E-state index contributed by atoms with van der Waals surface area (Å²) >= 11 is 12.3. The molecule has 2 nitrogen and oxygen atoms in total. The highest BCUT2D eigenvalue weighted by atomic mass is 35.5. The Balaban J connectivity index is 2.27. The van der Waals surface area contributed by atoms with Crippen LogP contribution in [0.2, 0.25) is 10.0 Å². The van der Waals surface area contributed by atoms with Gasteiger partial charge in [0.2, 0.25) is 0 Å². The third-order valence-electron chi connectivity index (χ3n) is 2.92. The summed E-state index contributed by atoms with van der Waals surface area (Å²) in [6, 6.07) is 12.9. The first kappa shape index (κ1) is 14.2. The van der Waals surface area contributed by atoms with Crippen LogP contribution in [-0.2, 0) is 0 Å². The molecule has 1 unspecified atom stereocenters. The summed E-state index contributed by atoms with van der Waals surface area (Å²) in [4.78, 5) is 0. The molecule has 0 aliphatic rings. The first-order valence-electron chi connectivity index (χ1n) is 6.00. The van der Waals surface area contributed by atoms with Gasteiger partial charge in [-0.1, -0.05) is 47.0 Å². The van der Waals surface area contributed by atoms with Crippen LogP contribution in [0.4, 0.5) is 5.69 Å². The fourth-order valence-corrected chi connectivity index (χ4v) is 2.56. The lowest BCUT2D eigenvalue weighted by molar-refractivity contribution is 0.276. The first-order valence-corrected chi connectivity index (χ1v) is 6.75. The summed E-state index contributed by atoms with van der Waals surface area (Å²) in [7, 11) is 0. The van der Waals surface area contributed by atoms with E-state index in [0.717, 1.165) is 5.69 Å². The molecule has 1 atom stereocenters. The van der Waals surface area contributed by atoms with Crippen LogP contribution in [0.15, 0.2) is 42.5 Å². The van der Waals surface area contributed by atoms with Gasteiger partial charge >= 0.3 is 0 Å². The molecule has 2 N–H and O–H groups in total. The third-order valence-corrected chi connectivity index (χ3v) is 3.58. The van der Waals surface area contributed by atoms with E-state index in [9.17, 15) is 5.11 Å². The minimum absolute atomic E-state index is 0.0860. The molecule has 0 fully saturated rings. The van der Waals surface area contributed by atoms with Crippen LogP contribution in [0.5, 0.6) is 0 Å². The average molecular weight is 296 g/mol. The van der Waals surface area contributed by atoms with Gasteiger partial charge in [0.05, 0.1) is 12.6 Å². The average Bonchev–Trinajstić information content (AvgIpc) is 2.39. The molecule has 0 spiro atoms. The normalized spacial score (nSPS) is 12.2. The second kappa shape index (κ2) is 6.29. The van der Waals surface area contributed by atoms with E-state index in [-0.39, 0.29) is 12.6 Å². The smallest absolute Gasteiger partial charge is 0.0774 e. The van der Waals surface area contributed by atoms with Gasteiger partial charge in [-0.2, -0.15) is 0 Å². The van der Waals surface area contributed by atoms with Gasteiger partial charge in [-0.05, 0) is 31.2 Å². The molecule has 0 aliphatic heterocycles. The number of aliphatic hydroxyl groups is 1. The number of anilines is 1. The van der Waals surface area contributed by atoms with Crippen molar-refractivity contribution in [1.29, 1.82) is 0 Å². The van der Waals surface area contributed by atoms with Crippen molar-refractivity contribution >= 4 is 28.9 Å². The van der Waals surface area contributed by atoms with E-state index < -0.39 is 0 Å². The molecule has 0 aromatic heterocycles. The monoisotopic (exact) mass is 295 g/mol. The standard InChI is InChI=1S/C15H15Cl2NO/c1-10-5-7-11(8-6-10)18-14(9-19)15-12(16)3-2-4-13(15)17/h2-8,14,18-19H,9H2,1H3. The molecule has 2 rings (SSSR count). The van der Waals surface area contributed by atoms with Gasteiger partial charge in [0, 0.05) is 21.3 Å². The van der Waals surface area contributed by atoms with Crippen LogP contribution in [0.3, 0.4) is 0 Å².